The van der Waals surface area contributed by atoms with Crippen LogP contribution in [0.5, 0.6) is 5.75 Å². The van der Waals surface area contributed by atoms with E-state index in [-0.39, 0.29) is 11.3 Å². The summed E-state index contributed by atoms with van der Waals surface area (Å²) >= 11 is 0. The topological polar surface area (TPSA) is 85.6 Å². The van der Waals surface area contributed by atoms with Crippen LogP contribution in [-0.2, 0) is 7.05 Å². The number of rotatable bonds is 7. The molecule has 0 aliphatic rings. The first-order valence-electron chi connectivity index (χ1n) is 9.90. The molecule has 0 saturated carbocycles. The predicted molar refractivity (Wildman–Crippen MR) is 118 cm³/mol. The lowest BCUT2D eigenvalue weighted by atomic mass is 10.1. The van der Waals surface area contributed by atoms with E-state index >= 15 is 0 Å². The summed E-state index contributed by atoms with van der Waals surface area (Å²) < 4.78 is 6.88. The van der Waals surface area contributed by atoms with E-state index in [2.05, 4.69) is 29.5 Å². The van der Waals surface area contributed by atoms with E-state index in [0.29, 0.717) is 29.0 Å². The lowest BCUT2D eigenvalue weighted by Crippen LogP contribution is -2.27. The number of benzene rings is 2. The van der Waals surface area contributed by atoms with Crippen LogP contribution in [0.15, 0.2) is 58.4 Å². The largest absolute Gasteiger partial charge is 0.494 e. The molecule has 1 aromatic heterocycles. The zero-order chi connectivity index (χ0) is 21.7. The molecule has 156 valence electrons. The van der Waals surface area contributed by atoms with Crippen molar-refractivity contribution in [3.05, 3.63) is 70.1 Å². The highest BCUT2D eigenvalue weighted by Gasteiger charge is 2.15. The maximum atomic E-state index is 12.7. The summed E-state index contributed by atoms with van der Waals surface area (Å²) in [5.74, 6) is 0.924. The van der Waals surface area contributed by atoms with Crippen LogP contribution in [0.3, 0.4) is 0 Å². The molecule has 3 aromatic rings. The Hall–Kier alpha value is -3.48. The molecule has 3 rings (SSSR count). The molecule has 0 aliphatic carbocycles. The summed E-state index contributed by atoms with van der Waals surface area (Å²) in [6.45, 7) is 6.81. The number of aryl methyl sites for hydroxylation is 1. The van der Waals surface area contributed by atoms with E-state index < -0.39 is 5.91 Å². The maximum Gasteiger partial charge on any atom is 0.292 e. The third-order valence-corrected chi connectivity index (χ3v) is 4.73. The lowest BCUT2D eigenvalue weighted by Gasteiger charge is -2.09. The average molecular weight is 406 g/mol. The number of hydrogen-bond acceptors (Lipinski definition) is 5. The van der Waals surface area contributed by atoms with Crippen molar-refractivity contribution in [2.75, 3.05) is 6.61 Å². The van der Waals surface area contributed by atoms with Crippen molar-refractivity contribution in [1.29, 1.82) is 0 Å². The quantitative estimate of drug-likeness (QED) is 0.481. The molecule has 0 radical (unpaired) electrons. The van der Waals surface area contributed by atoms with Crippen LogP contribution in [0.1, 0.15) is 43.2 Å². The Bertz CT molecular complexity index is 1130. The van der Waals surface area contributed by atoms with Gasteiger partial charge in [0.1, 0.15) is 5.75 Å². The van der Waals surface area contributed by atoms with Crippen LogP contribution >= 0.6 is 0 Å². The van der Waals surface area contributed by atoms with Crippen molar-refractivity contribution >= 4 is 22.4 Å². The minimum Gasteiger partial charge on any atom is -0.494 e. The van der Waals surface area contributed by atoms with Gasteiger partial charge in [0.2, 0.25) is 0 Å². The molecule has 1 heterocycles. The molecule has 30 heavy (non-hydrogen) atoms. The Morgan fingerprint density at radius 1 is 1.13 bits per heavy atom. The van der Waals surface area contributed by atoms with Crippen LogP contribution in [0.2, 0.25) is 0 Å². The highest BCUT2D eigenvalue weighted by Crippen LogP contribution is 2.15. The number of nitrogens with zero attached hydrogens (tertiary/aromatic N) is 3. The van der Waals surface area contributed by atoms with Crippen molar-refractivity contribution in [2.24, 2.45) is 18.1 Å². The molecule has 7 nitrogen and oxygen atoms in total. The fourth-order valence-corrected chi connectivity index (χ4v) is 2.92. The van der Waals surface area contributed by atoms with Crippen LogP contribution in [0.4, 0.5) is 0 Å². The van der Waals surface area contributed by atoms with Gasteiger partial charge in [-0.2, -0.15) is 10.2 Å². The van der Waals surface area contributed by atoms with Gasteiger partial charge < -0.3 is 4.74 Å². The van der Waals surface area contributed by atoms with Crippen molar-refractivity contribution < 1.29 is 9.53 Å². The summed E-state index contributed by atoms with van der Waals surface area (Å²) in [6, 6.07) is 14.5. The second-order valence-corrected chi connectivity index (χ2v) is 7.52. The molecule has 0 fully saturated rings. The zero-order valence-corrected chi connectivity index (χ0v) is 17.7. The van der Waals surface area contributed by atoms with Gasteiger partial charge in [-0.15, -0.1) is 0 Å². The normalized spacial score (nSPS) is 11.7. The maximum absolute atomic E-state index is 12.7. The van der Waals surface area contributed by atoms with Gasteiger partial charge in [0.05, 0.1) is 17.7 Å². The minimum atomic E-state index is -0.477. The van der Waals surface area contributed by atoms with Gasteiger partial charge in [0.25, 0.3) is 11.5 Å². The Labute approximate surface area is 175 Å². The van der Waals surface area contributed by atoms with Gasteiger partial charge in [0.15, 0.2) is 5.69 Å². The van der Waals surface area contributed by atoms with E-state index in [1.165, 1.54) is 7.05 Å². The molecule has 7 heteroatoms. The standard InChI is InChI=1S/C23H26N4O3/c1-15(2)13-14-30-18-11-9-17(10-12-18)16(3)24-25-22(28)21-19-7-5-6-8-20(19)23(29)27(4)26-21/h5-12,15H,13-14H2,1-4H3,(H,25,28)/b24-16-. The molecular weight excluding hydrogens is 380 g/mol. The van der Waals surface area contributed by atoms with E-state index in [4.69, 9.17) is 4.74 Å². The number of carbonyl (C=O) groups excluding carboxylic acids is 1. The van der Waals surface area contributed by atoms with Gasteiger partial charge in [0, 0.05) is 12.4 Å². The third-order valence-electron chi connectivity index (χ3n) is 4.73. The fourth-order valence-electron chi connectivity index (χ4n) is 2.92. The highest BCUT2D eigenvalue weighted by atomic mass is 16.5. The first-order valence-corrected chi connectivity index (χ1v) is 9.90. The number of aromatic nitrogens is 2. The minimum absolute atomic E-state index is 0.151. The molecule has 0 spiro atoms. The Balaban J connectivity index is 1.73. The van der Waals surface area contributed by atoms with Crippen molar-refractivity contribution in [2.45, 2.75) is 27.2 Å². The molecule has 2 aromatic carbocycles. The molecular formula is C23H26N4O3. The van der Waals surface area contributed by atoms with Crippen molar-refractivity contribution in [3.8, 4) is 5.75 Å². The molecule has 0 saturated heterocycles. The smallest absolute Gasteiger partial charge is 0.292 e. The number of fused-ring (bicyclic) bond motifs is 1. The number of ether oxygens (including phenoxy) is 1. The Morgan fingerprint density at radius 2 is 1.80 bits per heavy atom. The average Bonchev–Trinajstić information content (AvgIpc) is 2.74. The van der Waals surface area contributed by atoms with Crippen LogP contribution in [-0.4, -0.2) is 28.0 Å². The van der Waals surface area contributed by atoms with Gasteiger partial charge in [-0.05, 0) is 55.2 Å². The number of hydrazone groups is 1. The van der Waals surface area contributed by atoms with E-state index in [0.717, 1.165) is 22.4 Å². The third kappa shape index (κ3) is 4.92. The fraction of sp³-hybridized carbons (Fsp3) is 0.304. The molecule has 1 amide bonds. The first-order chi connectivity index (χ1) is 14.4. The van der Waals surface area contributed by atoms with E-state index in [9.17, 15) is 9.59 Å². The summed E-state index contributed by atoms with van der Waals surface area (Å²) in [5, 5.41) is 9.24. The zero-order valence-electron chi connectivity index (χ0n) is 17.7. The summed E-state index contributed by atoms with van der Waals surface area (Å²) in [5.41, 5.74) is 3.95. The molecule has 0 unspecified atom stereocenters. The molecule has 0 bridgehead atoms. The monoisotopic (exact) mass is 406 g/mol. The van der Waals surface area contributed by atoms with Gasteiger partial charge in [-0.25, -0.2) is 10.1 Å². The number of hydrogen-bond donors (Lipinski definition) is 1. The molecule has 0 aliphatic heterocycles. The van der Waals surface area contributed by atoms with Crippen LogP contribution in [0.25, 0.3) is 10.8 Å². The van der Waals surface area contributed by atoms with Crippen molar-refractivity contribution in [1.82, 2.24) is 15.2 Å². The second kappa shape index (κ2) is 9.35. The van der Waals surface area contributed by atoms with Gasteiger partial charge in [-0.1, -0.05) is 32.0 Å². The highest BCUT2D eigenvalue weighted by molar-refractivity contribution is 6.06. The van der Waals surface area contributed by atoms with Crippen LogP contribution in [0, 0.1) is 5.92 Å². The molecule has 1 N–H and O–H groups in total. The second-order valence-electron chi connectivity index (χ2n) is 7.52. The molecule has 0 atom stereocenters. The van der Waals surface area contributed by atoms with Crippen LogP contribution < -0.4 is 15.7 Å². The first kappa shape index (κ1) is 21.2. The lowest BCUT2D eigenvalue weighted by molar-refractivity contribution is 0.0949. The Morgan fingerprint density at radius 3 is 2.47 bits per heavy atom. The SMILES string of the molecule is C/C(=N/NC(=O)c1nn(C)c(=O)c2ccccc12)c1ccc(OCCC(C)C)cc1. The van der Waals surface area contributed by atoms with Gasteiger partial charge >= 0.3 is 0 Å². The van der Waals surface area contributed by atoms with Gasteiger partial charge in [-0.3, -0.25) is 9.59 Å². The van der Waals surface area contributed by atoms with Crippen molar-refractivity contribution in [3.63, 3.8) is 0 Å². The number of nitrogens with one attached hydrogen (secondary N) is 1. The summed E-state index contributed by atoms with van der Waals surface area (Å²) in [7, 11) is 1.52. The summed E-state index contributed by atoms with van der Waals surface area (Å²) in [6.07, 6.45) is 1.00. The Kier molecular flexibility index (Phi) is 6.61. The van der Waals surface area contributed by atoms with E-state index in [1.807, 2.05) is 24.3 Å². The summed E-state index contributed by atoms with van der Waals surface area (Å²) in [4.78, 5) is 24.9. The van der Waals surface area contributed by atoms with E-state index in [1.54, 1.807) is 31.2 Å². The number of amides is 1. The predicted octanol–water partition coefficient (Wildman–Crippen LogP) is 3.51. The number of carbonyl (C=O) groups is 1.